The highest BCUT2D eigenvalue weighted by Gasteiger charge is 2.20. The number of hydrogen-bond donors (Lipinski definition) is 1. The zero-order valence-corrected chi connectivity index (χ0v) is 13.9. The topological polar surface area (TPSA) is 125 Å². The second kappa shape index (κ2) is 8.52. The van der Waals surface area contributed by atoms with Gasteiger partial charge in [0.25, 0.3) is 11.6 Å². The molecule has 0 unspecified atom stereocenters. The number of anilines is 1. The number of nitrogens with zero attached hydrogens (tertiary/aromatic N) is 1. The third-order valence-corrected chi connectivity index (χ3v) is 3.23. The maximum Gasteiger partial charge on any atom is 0.338 e. The molecule has 0 aliphatic carbocycles. The average Bonchev–Trinajstić information content (AvgIpc) is 2.65. The lowest BCUT2D eigenvalue weighted by molar-refractivity contribution is -0.384. The van der Waals surface area contributed by atoms with Crippen LogP contribution in [0, 0.1) is 15.9 Å². The van der Waals surface area contributed by atoms with Crippen LogP contribution in [0.4, 0.5) is 15.8 Å². The molecule has 1 amide bonds. The summed E-state index contributed by atoms with van der Waals surface area (Å²) >= 11 is 0. The number of rotatable bonds is 6. The molecule has 1 N–H and O–H groups in total. The zero-order chi connectivity index (χ0) is 20.0. The summed E-state index contributed by atoms with van der Waals surface area (Å²) in [6.45, 7) is -0.717. The third-order valence-electron chi connectivity index (χ3n) is 3.23. The Balaban J connectivity index is 2.08. The van der Waals surface area contributed by atoms with Gasteiger partial charge in [-0.1, -0.05) is 6.07 Å². The SMILES string of the molecule is COC(=O)c1cc(C(=O)OCC(=O)Nc2cccc(F)c2)cc([N+](=O)[O-])c1. The number of ether oxygens (including phenoxy) is 2. The average molecular weight is 376 g/mol. The Bertz CT molecular complexity index is 914. The van der Waals surface area contributed by atoms with Gasteiger partial charge in [-0.15, -0.1) is 0 Å². The van der Waals surface area contributed by atoms with Crippen LogP contribution in [0.3, 0.4) is 0 Å². The normalized spacial score (nSPS) is 10.0. The largest absolute Gasteiger partial charge is 0.465 e. The molecule has 0 radical (unpaired) electrons. The van der Waals surface area contributed by atoms with Crippen molar-refractivity contribution in [1.29, 1.82) is 0 Å². The van der Waals surface area contributed by atoms with Gasteiger partial charge < -0.3 is 14.8 Å². The molecule has 2 rings (SSSR count). The number of carbonyl (C=O) groups excluding carboxylic acids is 3. The molecule has 0 spiro atoms. The Kier molecular flexibility index (Phi) is 6.15. The number of esters is 2. The highest BCUT2D eigenvalue weighted by atomic mass is 19.1. The number of amides is 1. The van der Waals surface area contributed by atoms with Gasteiger partial charge in [-0.05, 0) is 24.3 Å². The van der Waals surface area contributed by atoms with Gasteiger partial charge in [0.05, 0.1) is 23.2 Å². The molecule has 2 aromatic carbocycles. The van der Waals surface area contributed by atoms with E-state index in [-0.39, 0.29) is 16.8 Å². The van der Waals surface area contributed by atoms with Crippen LogP contribution in [0.5, 0.6) is 0 Å². The molecule has 0 bridgehead atoms. The number of non-ortho nitro benzene ring substituents is 1. The fourth-order valence-corrected chi connectivity index (χ4v) is 2.05. The van der Waals surface area contributed by atoms with E-state index in [1.54, 1.807) is 0 Å². The summed E-state index contributed by atoms with van der Waals surface area (Å²) in [5.74, 6) is -3.24. The molecule has 0 atom stereocenters. The zero-order valence-electron chi connectivity index (χ0n) is 13.9. The van der Waals surface area contributed by atoms with Crippen molar-refractivity contribution in [3.8, 4) is 0 Å². The molecule has 0 aliphatic heterocycles. The second-order valence-corrected chi connectivity index (χ2v) is 5.15. The van der Waals surface area contributed by atoms with Gasteiger partial charge >= 0.3 is 11.9 Å². The monoisotopic (exact) mass is 376 g/mol. The minimum absolute atomic E-state index is 0.166. The van der Waals surface area contributed by atoms with Crippen LogP contribution in [-0.2, 0) is 14.3 Å². The number of nitro groups is 1. The predicted octanol–water partition coefficient (Wildman–Crippen LogP) is 2.32. The predicted molar refractivity (Wildman–Crippen MR) is 89.7 cm³/mol. The van der Waals surface area contributed by atoms with E-state index in [2.05, 4.69) is 10.1 Å². The first-order valence-electron chi connectivity index (χ1n) is 7.40. The highest BCUT2D eigenvalue weighted by molar-refractivity contribution is 5.98. The van der Waals surface area contributed by atoms with E-state index in [9.17, 15) is 28.9 Å². The first-order valence-corrected chi connectivity index (χ1v) is 7.40. The molecule has 27 heavy (non-hydrogen) atoms. The number of hydrogen-bond acceptors (Lipinski definition) is 7. The summed E-state index contributed by atoms with van der Waals surface area (Å²) in [6, 6.07) is 7.98. The lowest BCUT2D eigenvalue weighted by Gasteiger charge is -2.07. The maximum atomic E-state index is 13.1. The van der Waals surface area contributed by atoms with Gasteiger partial charge in [0.15, 0.2) is 6.61 Å². The van der Waals surface area contributed by atoms with E-state index in [4.69, 9.17) is 4.74 Å². The van der Waals surface area contributed by atoms with Gasteiger partial charge in [-0.3, -0.25) is 14.9 Å². The van der Waals surface area contributed by atoms with Crippen LogP contribution in [-0.4, -0.2) is 36.5 Å². The Morgan fingerprint density at radius 1 is 1.11 bits per heavy atom. The van der Waals surface area contributed by atoms with Gasteiger partial charge in [-0.25, -0.2) is 14.0 Å². The number of carbonyl (C=O) groups is 3. The van der Waals surface area contributed by atoms with Crippen molar-refractivity contribution in [2.24, 2.45) is 0 Å². The number of methoxy groups -OCH3 is 1. The molecule has 0 heterocycles. The fraction of sp³-hybridized carbons (Fsp3) is 0.118. The Labute approximate surface area is 151 Å². The van der Waals surface area contributed by atoms with Gasteiger partial charge in [0.1, 0.15) is 5.82 Å². The van der Waals surface area contributed by atoms with E-state index in [0.717, 1.165) is 31.4 Å². The van der Waals surface area contributed by atoms with Gasteiger partial charge in [0.2, 0.25) is 0 Å². The molecule has 0 aliphatic rings. The van der Waals surface area contributed by atoms with Crippen molar-refractivity contribution in [3.05, 3.63) is 69.5 Å². The van der Waals surface area contributed by atoms with Crippen molar-refractivity contribution in [1.82, 2.24) is 0 Å². The van der Waals surface area contributed by atoms with Crippen LogP contribution in [0.2, 0.25) is 0 Å². The summed E-state index contributed by atoms with van der Waals surface area (Å²) in [5, 5.41) is 13.3. The third kappa shape index (κ3) is 5.33. The summed E-state index contributed by atoms with van der Waals surface area (Å²) in [6.07, 6.45) is 0. The molecule has 0 saturated carbocycles. The Hall–Kier alpha value is -3.82. The summed E-state index contributed by atoms with van der Waals surface area (Å²) < 4.78 is 22.3. The van der Waals surface area contributed by atoms with Gasteiger partial charge in [-0.2, -0.15) is 0 Å². The molecule has 10 heteroatoms. The molecule has 2 aromatic rings. The first-order chi connectivity index (χ1) is 12.8. The first kappa shape index (κ1) is 19.5. The number of nitrogens with one attached hydrogen (secondary N) is 1. The van der Waals surface area contributed by atoms with Crippen LogP contribution in [0.15, 0.2) is 42.5 Å². The van der Waals surface area contributed by atoms with E-state index >= 15 is 0 Å². The minimum atomic E-state index is -1.06. The molecule has 9 nitrogen and oxygen atoms in total. The summed E-state index contributed by atoms with van der Waals surface area (Å²) in [5.41, 5.74) is -0.876. The lowest BCUT2D eigenvalue weighted by Crippen LogP contribution is -2.21. The van der Waals surface area contributed by atoms with Crippen molar-refractivity contribution in [3.63, 3.8) is 0 Å². The number of benzene rings is 2. The van der Waals surface area contributed by atoms with Crippen LogP contribution >= 0.6 is 0 Å². The van der Waals surface area contributed by atoms with Crippen LogP contribution < -0.4 is 5.32 Å². The minimum Gasteiger partial charge on any atom is -0.465 e. The van der Waals surface area contributed by atoms with Crippen molar-refractivity contribution < 1.29 is 33.2 Å². The fourth-order valence-electron chi connectivity index (χ4n) is 2.05. The number of nitro benzene ring substituents is 1. The smallest absolute Gasteiger partial charge is 0.338 e. The van der Waals surface area contributed by atoms with E-state index < -0.39 is 40.9 Å². The van der Waals surface area contributed by atoms with Crippen molar-refractivity contribution in [2.45, 2.75) is 0 Å². The molecular formula is C17H13FN2O7. The van der Waals surface area contributed by atoms with Crippen molar-refractivity contribution >= 4 is 29.2 Å². The molecule has 0 aromatic heterocycles. The number of halogens is 1. The van der Waals surface area contributed by atoms with E-state index in [1.165, 1.54) is 18.2 Å². The molecule has 0 fully saturated rings. The highest BCUT2D eigenvalue weighted by Crippen LogP contribution is 2.19. The summed E-state index contributed by atoms with van der Waals surface area (Å²) in [4.78, 5) is 45.5. The second-order valence-electron chi connectivity index (χ2n) is 5.15. The van der Waals surface area contributed by atoms with Crippen molar-refractivity contribution in [2.75, 3.05) is 19.0 Å². The van der Waals surface area contributed by atoms with Gasteiger partial charge in [0, 0.05) is 17.8 Å². The Morgan fingerprint density at radius 2 is 1.78 bits per heavy atom. The van der Waals surface area contributed by atoms with Crippen LogP contribution in [0.1, 0.15) is 20.7 Å². The Morgan fingerprint density at radius 3 is 2.37 bits per heavy atom. The summed E-state index contributed by atoms with van der Waals surface area (Å²) in [7, 11) is 1.08. The van der Waals surface area contributed by atoms with E-state index in [1.807, 2.05) is 0 Å². The van der Waals surface area contributed by atoms with Crippen LogP contribution in [0.25, 0.3) is 0 Å². The van der Waals surface area contributed by atoms with E-state index in [0.29, 0.717) is 0 Å². The molecule has 0 saturated heterocycles. The molecular weight excluding hydrogens is 363 g/mol. The lowest BCUT2D eigenvalue weighted by atomic mass is 10.1. The standard InChI is InChI=1S/C17H13FN2O7/c1-26-16(22)10-5-11(7-14(6-10)20(24)25)17(23)27-9-15(21)19-13-4-2-3-12(18)8-13/h2-8H,9H2,1H3,(H,19,21). The quantitative estimate of drug-likeness (QED) is 0.466. The maximum absolute atomic E-state index is 13.1. The molecule has 140 valence electrons.